The van der Waals surface area contributed by atoms with Crippen molar-refractivity contribution in [2.24, 2.45) is 10.2 Å². The molecule has 130 valence electrons. The van der Waals surface area contributed by atoms with Crippen LogP contribution in [0.2, 0.25) is 0 Å². The van der Waals surface area contributed by atoms with Crippen molar-refractivity contribution in [3.8, 4) is 0 Å². The monoisotopic (exact) mass is 358 g/mol. The summed E-state index contributed by atoms with van der Waals surface area (Å²) in [6, 6.07) is 6.65. The molecule has 2 heterocycles. The van der Waals surface area contributed by atoms with Crippen molar-refractivity contribution < 1.29 is 14.4 Å². The lowest BCUT2D eigenvalue weighted by atomic mass is 10.1. The minimum Gasteiger partial charge on any atom is -0.273 e. The van der Waals surface area contributed by atoms with Gasteiger partial charge in [0.05, 0.1) is 16.9 Å². The SMILES string of the molecule is CCC(CC)=N/N=C1\SCC(=O)N1CN1C(=O)c2ccccc2C1=O. The molecule has 1 fully saturated rings. The lowest BCUT2D eigenvalue weighted by Crippen LogP contribution is -2.43. The van der Waals surface area contributed by atoms with E-state index in [1.165, 1.54) is 16.7 Å². The lowest BCUT2D eigenvalue weighted by molar-refractivity contribution is -0.124. The number of carbonyl (C=O) groups is 3. The van der Waals surface area contributed by atoms with E-state index in [1.807, 2.05) is 13.8 Å². The van der Waals surface area contributed by atoms with Gasteiger partial charge in [-0.2, -0.15) is 5.10 Å². The van der Waals surface area contributed by atoms with Crippen molar-refractivity contribution in [2.45, 2.75) is 26.7 Å². The summed E-state index contributed by atoms with van der Waals surface area (Å²) in [7, 11) is 0. The molecular formula is C17H18N4O3S. The second-order valence-corrected chi connectivity index (χ2v) is 6.53. The first kappa shape index (κ1) is 17.3. The van der Waals surface area contributed by atoms with Crippen LogP contribution in [0.25, 0.3) is 0 Å². The quantitative estimate of drug-likeness (QED) is 0.459. The molecule has 0 spiro atoms. The zero-order valence-corrected chi connectivity index (χ0v) is 14.9. The fourth-order valence-electron chi connectivity index (χ4n) is 2.62. The molecule has 3 rings (SSSR count). The van der Waals surface area contributed by atoms with E-state index in [0.29, 0.717) is 16.3 Å². The molecule has 0 aromatic heterocycles. The molecule has 0 bridgehead atoms. The maximum Gasteiger partial charge on any atom is 0.263 e. The largest absolute Gasteiger partial charge is 0.273 e. The van der Waals surface area contributed by atoms with Gasteiger partial charge in [0.25, 0.3) is 11.8 Å². The van der Waals surface area contributed by atoms with Crippen LogP contribution in [0.3, 0.4) is 0 Å². The van der Waals surface area contributed by atoms with E-state index in [0.717, 1.165) is 23.5 Å². The summed E-state index contributed by atoms with van der Waals surface area (Å²) in [5.41, 5.74) is 1.65. The van der Waals surface area contributed by atoms with E-state index in [9.17, 15) is 14.4 Å². The summed E-state index contributed by atoms with van der Waals surface area (Å²) in [6.45, 7) is 3.85. The molecule has 2 aliphatic heterocycles. The van der Waals surface area contributed by atoms with Gasteiger partial charge in [0.15, 0.2) is 5.17 Å². The highest BCUT2D eigenvalue weighted by Gasteiger charge is 2.39. The molecular weight excluding hydrogens is 340 g/mol. The van der Waals surface area contributed by atoms with E-state index in [4.69, 9.17) is 0 Å². The van der Waals surface area contributed by atoms with Crippen LogP contribution in [0, 0.1) is 0 Å². The summed E-state index contributed by atoms with van der Waals surface area (Å²) in [6.07, 6.45) is 1.56. The first-order valence-corrected chi connectivity index (χ1v) is 9.07. The molecule has 0 N–H and O–H groups in total. The highest BCUT2D eigenvalue weighted by molar-refractivity contribution is 8.15. The van der Waals surface area contributed by atoms with Crippen LogP contribution in [0.4, 0.5) is 0 Å². The fourth-order valence-corrected chi connectivity index (χ4v) is 3.45. The van der Waals surface area contributed by atoms with Gasteiger partial charge < -0.3 is 0 Å². The average molecular weight is 358 g/mol. The molecule has 1 aromatic carbocycles. The topological polar surface area (TPSA) is 82.4 Å². The summed E-state index contributed by atoms with van der Waals surface area (Å²) < 4.78 is 0. The first-order chi connectivity index (χ1) is 12.1. The number of amides is 3. The van der Waals surface area contributed by atoms with Crippen molar-refractivity contribution in [1.82, 2.24) is 9.80 Å². The predicted octanol–water partition coefficient (Wildman–Crippen LogP) is 2.35. The fraction of sp³-hybridized carbons (Fsp3) is 0.353. The molecule has 0 atom stereocenters. The van der Waals surface area contributed by atoms with Crippen LogP contribution in [0.5, 0.6) is 0 Å². The zero-order valence-electron chi connectivity index (χ0n) is 14.1. The number of benzene rings is 1. The Hall–Kier alpha value is -2.48. The number of fused-ring (bicyclic) bond motifs is 1. The van der Waals surface area contributed by atoms with E-state index >= 15 is 0 Å². The third-order valence-electron chi connectivity index (χ3n) is 4.11. The molecule has 8 heteroatoms. The molecule has 0 radical (unpaired) electrons. The molecule has 2 aliphatic rings. The lowest BCUT2D eigenvalue weighted by Gasteiger charge is -2.21. The van der Waals surface area contributed by atoms with Gasteiger partial charge in [-0.15, -0.1) is 5.10 Å². The third kappa shape index (κ3) is 3.21. The number of nitrogens with zero attached hydrogens (tertiary/aromatic N) is 4. The average Bonchev–Trinajstić information content (AvgIpc) is 3.10. The van der Waals surface area contributed by atoms with Crippen LogP contribution < -0.4 is 0 Å². The van der Waals surface area contributed by atoms with E-state index in [2.05, 4.69) is 10.2 Å². The molecule has 7 nitrogen and oxygen atoms in total. The van der Waals surface area contributed by atoms with Gasteiger partial charge in [0.2, 0.25) is 5.91 Å². The first-order valence-electron chi connectivity index (χ1n) is 8.08. The van der Waals surface area contributed by atoms with Crippen LogP contribution >= 0.6 is 11.8 Å². The number of thioether (sulfide) groups is 1. The molecule has 0 unspecified atom stereocenters. The maximum atomic E-state index is 12.5. The van der Waals surface area contributed by atoms with Crippen molar-refractivity contribution in [2.75, 3.05) is 12.4 Å². The Labute approximate surface area is 149 Å². The van der Waals surface area contributed by atoms with E-state index in [-0.39, 0.29) is 18.3 Å². The molecule has 1 saturated heterocycles. The van der Waals surface area contributed by atoms with Gasteiger partial charge in [-0.25, -0.2) is 0 Å². The van der Waals surface area contributed by atoms with Gasteiger partial charge >= 0.3 is 0 Å². The Morgan fingerprint density at radius 1 is 1.04 bits per heavy atom. The number of carbonyl (C=O) groups excluding carboxylic acids is 3. The number of imide groups is 1. The zero-order chi connectivity index (χ0) is 18.0. The molecule has 0 aliphatic carbocycles. The van der Waals surface area contributed by atoms with E-state index in [1.54, 1.807) is 24.3 Å². The second-order valence-electron chi connectivity index (χ2n) is 5.59. The summed E-state index contributed by atoms with van der Waals surface area (Å²) in [4.78, 5) is 39.5. The molecule has 3 amide bonds. The summed E-state index contributed by atoms with van der Waals surface area (Å²) >= 11 is 1.26. The van der Waals surface area contributed by atoms with E-state index < -0.39 is 11.8 Å². The van der Waals surface area contributed by atoms with Crippen molar-refractivity contribution in [1.29, 1.82) is 0 Å². The minimum atomic E-state index is -0.393. The molecule has 0 saturated carbocycles. The van der Waals surface area contributed by atoms with Gasteiger partial charge in [-0.05, 0) is 25.0 Å². The Morgan fingerprint density at radius 3 is 2.20 bits per heavy atom. The van der Waals surface area contributed by atoms with Crippen molar-refractivity contribution in [3.05, 3.63) is 35.4 Å². The second kappa shape index (κ2) is 7.18. The number of hydrogen-bond acceptors (Lipinski definition) is 6. The van der Waals surface area contributed by atoms with Crippen LogP contribution in [0.1, 0.15) is 47.4 Å². The number of rotatable bonds is 5. The molecule has 1 aromatic rings. The Balaban J connectivity index is 1.83. The Morgan fingerprint density at radius 2 is 1.64 bits per heavy atom. The Bertz CT molecular complexity index is 762. The number of amidine groups is 1. The Kier molecular flexibility index (Phi) is 4.98. The van der Waals surface area contributed by atoms with Gasteiger partial charge in [0, 0.05) is 5.71 Å². The van der Waals surface area contributed by atoms with Crippen LogP contribution in [-0.2, 0) is 4.79 Å². The van der Waals surface area contributed by atoms with Crippen LogP contribution in [0.15, 0.2) is 34.5 Å². The predicted molar refractivity (Wildman–Crippen MR) is 96.6 cm³/mol. The number of hydrogen-bond donors (Lipinski definition) is 0. The maximum absolute atomic E-state index is 12.5. The highest BCUT2D eigenvalue weighted by atomic mass is 32.2. The standard InChI is InChI=1S/C17H18N4O3S/c1-3-11(4-2)18-19-17-20(14(22)9-25-17)10-21-15(23)12-7-5-6-8-13(12)16(21)24/h5-8H,3-4,9-10H2,1-2H3/b19-17-. The third-order valence-corrected chi connectivity index (χ3v) is 5.06. The van der Waals surface area contributed by atoms with Crippen LogP contribution in [-0.4, -0.2) is 50.8 Å². The highest BCUT2D eigenvalue weighted by Crippen LogP contribution is 2.26. The van der Waals surface area contributed by atoms with Gasteiger partial charge in [0.1, 0.15) is 6.67 Å². The van der Waals surface area contributed by atoms with Gasteiger partial charge in [-0.3, -0.25) is 24.2 Å². The normalized spacial score (nSPS) is 18.3. The van der Waals surface area contributed by atoms with Crippen molar-refractivity contribution in [3.63, 3.8) is 0 Å². The summed E-state index contributed by atoms with van der Waals surface area (Å²) in [5, 5.41) is 8.76. The summed E-state index contributed by atoms with van der Waals surface area (Å²) in [5.74, 6) is -0.748. The van der Waals surface area contributed by atoms with Crippen molar-refractivity contribution >= 4 is 40.4 Å². The minimum absolute atomic E-state index is 0.139. The van der Waals surface area contributed by atoms with Gasteiger partial charge in [-0.1, -0.05) is 37.7 Å². The molecule has 25 heavy (non-hydrogen) atoms. The smallest absolute Gasteiger partial charge is 0.263 e.